The average molecular weight is 1430 g/mol. The highest BCUT2D eigenvalue weighted by molar-refractivity contribution is 7.47. The maximum absolute atomic E-state index is 12.9. The predicted molar refractivity (Wildman–Crippen MR) is 408 cm³/mol. The fraction of sp³-hybridized carbons (Fsp3) is 0.741. The van der Waals surface area contributed by atoms with Crippen LogP contribution in [-0.2, 0) is 55.8 Å². The van der Waals surface area contributed by atoms with E-state index >= 15 is 0 Å². The molecule has 0 radical (unpaired) electrons. The van der Waals surface area contributed by atoms with E-state index in [0.717, 1.165) is 135 Å². The Bertz CT molecular complexity index is 2240. The predicted octanol–water partition coefficient (Wildman–Crippen LogP) is 22.8. The lowest BCUT2D eigenvalue weighted by molar-refractivity contribution is -0.161. The molecule has 0 aliphatic heterocycles. The lowest BCUT2D eigenvalue weighted by Gasteiger charge is -2.21. The van der Waals surface area contributed by atoms with Crippen molar-refractivity contribution in [3.05, 3.63) is 109 Å². The summed E-state index contributed by atoms with van der Waals surface area (Å²) in [5.74, 6) is -1.60. The molecule has 5 unspecified atom stereocenters. The maximum Gasteiger partial charge on any atom is 0.472 e. The summed E-state index contributed by atoms with van der Waals surface area (Å²) in [6.07, 6.45) is 85.7. The zero-order valence-corrected chi connectivity index (χ0v) is 64.2. The second-order valence-corrected chi connectivity index (χ2v) is 29.1. The number of allylic oxidation sites excluding steroid dienone is 18. The van der Waals surface area contributed by atoms with Gasteiger partial charge in [0.2, 0.25) is 0 Å². The molecule has 16 nitrogen and oxygen atoms in total. The SMILES string of the molecule is CCCCC/C=C\C/C=C\C/C=C\C/C=C\CCCCCCCCCCCCCCCC(=O)OCC(O)COP(=O)(O)OCC(O)COP(=O)(O)OCC(COC(=O)CCCCCCC/C=C\C/C=C\C/C=C\C/C=C\CCCCC)OC(=O)CCCCCCC/C=C\CCCCCC. The highest BCUT2D eigenvalue weighted by Crippen LogP contribution is 2.45. The molecule has 0 spiro atoms. The monoisotopic (exact) mass is 1430 g/mol. The molecule has 0 amide bonds. The Kier molecular flexibility index (Phi) is 71.1. The van der Waals surface area contributed by atoms with Gasteiger partial charge >= 0.3 is 33.6 Å². The van der Waals surface area contributed by atoms with Gasteiger partial charge in [-0.15, -0.1) is 0 Å². The van der Waals surface area contributed by atoms with Gasteiger partial charge in [-0.3, -0.25) is 32.5 Å². The fourth-order valence-electron chi connectivity index (χ4n) is 10.4. The lowest BCUT2D eigenvalue weighted by Crippen LogP contribution is -2.30. The number of phosphoric acid groups is 2. The fourth-order valence-corrected chi connectivity index (χ4v) is 12.0. The van der Waals surface area contributed by atoms with Crippen LogP contribution in [0.3, 0.4) is 0 Å². The highest BCUT2D eigenvalue weighted by atomic mass is 31.2. The van der Waals surface area contributed by atoms with Gasteiger partial charge in [-0.2, -0.15) is 0 Å². The van der Waals surface area contributed by atoms with Gasteiger partial charge in [-0.1, -0.05) is 284 Å². The van der Waals surface area contributed by atoms with E-state index in [9.17, 15) is 43.5 Å². The third-order valence-electron chi connectivity index (χ3n) is 16.4. The molecule has 0 saturated heterocycles. The van der Waals surface area contributed by atoms with Crippen molar-refractivity contribution in [3.8, 4) is 0 Å². The Labute approximate surface area is 602 Å². The zero-order chi connectivity index (χ0) is 72.3. The molecule has 4 N–H and O–H groups in total. The van der Waals surface area contributed by atoms with Crippen molar-refractivity contribution in [1.29, 1.82) is 0 Å². The van der Waals surface area contributed by atoms with E-state index in [2.05, 4.69) is 130 Å². The molecule has 0 bridgehead atoms. The maximum atomic E-state index is 12.9. The van der Waals surface area contributed by atoms with Gasteiger partial charge in [0.15, 0.2) is 6.10 Å². The normalized spacial score (nSPS) is 14.6. The molecule has 0 saturated carbocycles. The molecule has 0 aliphatic carbocycles. The number of aliphatic hydroxyl groups is 2. The molecule has 0 heterocycles. The zero-order valence-electron chi connectivity index (χ0n) is 62.4. The van der Waals surface area contributed by atoms with Crippen molar-refractivity contribution in [2.45, 2.75) is 347 Å². The van der Waals surface area contributed by atoms with E-state index in [4.69, 9.17) is 32.3 Å². The molecular weight excluding hydrogens is 1290 g/mol. The molecule has 0 rings (SSSR count). The number of esters is 3. The second kappa shape index (κ2) is 73.9. The van der Waals surface area contributed by atoms with Crippen LogP contribution in [0.5, 0.6) is 0 Å². The average Bonchev–Trinajstić information content (AvgIpc) is 1.36. The van der Waals surface area contributed by atoms with E-state index < -0.39 is 91.5 Å². The minimum absolute atomic E-state index is 0.0894. The van der Waals surface area contributed by atoms with E-state index in [-0.39, 0.29) is 19.3 Å². The molecule has 0 aromatic carbocycles. The summed E-state index contributed by atoms with van der Waals surface area (Å²) >= 11 is 0. The first-order chi connectivity index (χ1) is 48.2. The third-order valence-corrected chi connectivity index (χ3v) is 18.3. The topological polar surface area (TPSA) is 231 Å². The van der Waals surface area contributed by atoms with Crippen LogP contribution in [-0.4, -0.2) is 95.9 Å². The molecule has 0 aromatic heterocycles. The Hall–Kier alpha value is -3.79. The largest absolute Gasteiger partial charge is 0.472 e. The summed E-state index contributed by atoms with van der Waals surface area (Å²) in [5, 5.41) is 20.6. The Morgan fingerprint density at radius 2 is 0.505 bits per heavy atom. The molecule has 0 aromatic rings. The summed E-state index contributed by atoms with van der Waals surface area (Å²) in [6, 6.07) is 0. The Morgan fingerprint density at radius 1 is 0.283 bits per heavy atom. The number of hydrogen-bond acceptors (Lipinski definition) is 14. The van der Waals surface area contributed by atoms with Crippen molar-refractivity contribution >= 4 is 33.6 Å². The number of unbranched alkanes of at least 4 members (excludes halogenated alkanes) is 33. The van der Waals surface area contributed by atoms with Crippen molar-refractivity contribution in [2.75, 3.05) is 39.6 Å². The summed E-state index contributed by atoms with van der Waals surface area (Å²) < 4.78 is 61.1. The van der Waals surface area contributed by atoms with Gasteiger partial charge in [-0.05, 0) is 135 Å². The van der Waals surface area contributed by atoms with Gasteiger partial charge in [0.1, 0.15) is 25.4 Å². The highest BCUT2D eigenvalue weighted by Gasteiger charge is 2.29. The minimum atomic E-state index is -4.93. The number of aliphatic hydroxyl groups excluding tert-OH is 2. The Balaban J connectivity index is 4.50. The van der Waals surface area contributed by atoms with Gasteiger partial charge in [0, 0.05) is 19.3 Å². The first-order valence-corrected chi connectivity index (χ1v) is 42.2. The standard InChI is InChI=1S/C81H142O16P2/c1-4-7-10-13-16-19-22-25-27-29-31-33-34-35-36-37-38-39-40-42-44-45-47-50-52-55-58-61-64-67-79(84)91-70-76(82)71-93-98(87,88)94-72-77(83)73-95-99(89,90)96-75-78(97-81(86)69-66-63-60-57-54-49-24-21-18-15-12-9-6-3)74-92-80(85)68-65-62-59-56-53-51-48-46-43-41-32-30-28-26-23-20-17-14-11-8-5-2/h16-17,19-21,24-28,31-33,35-36,41,46,48,76-78,82-83H,4-15,18,22-23,29-30,34,37-40,42-45,47,49-75H2,1-3H3,(H,87,88)(H,89,90)/b19-16-,20-17-,24-21-,27-25-,28-26-,33-31-,36-35-,41-32-,48-46-. The van der Waals surface area contributed by atoms with Crippen LogP contribution in [0.1, 0.15) is 329 Å². The number of carbonyl (C=O) groups is 3. The molecule has 99 heavy (non-hydrogen) atoms. The van der Waals surface area contributed by atoms with Crippen LogP contribution in [0, 0.1) is 0 Å². The molecular formula is C81H142O16P2. The Morgan fingerprint density at radius 3 is 0.828 bits per heavy atom. The molecule has 5 atom stereocenters. The number of carbonyl (C=O) groups excluding carboxylic acids is 3. The van der Waals surface area contributed by atoms with E-state index in [1.165, 1.54) is 135 Å². The quantitative estimate of drug-likeness (QED) is 0.0146. The second-order valence-electron chi connectivity index (χ2n) is 26.2. The van der Waals surface area contributed by atoms with Gasteiger partial charge < -0.3 is 34.2 Å². The van der Waals surface area contributed by atoms with Crippen LogP contribution >= 0.6 is 15.6 Å². The van der Waals surface area contributed by atoms with E-state index in [1.807, 2.05) is 0 Å². The number of rotatable bonds is 74. The first-order valence-electron chi connectivity index (χ1n) is 39.2. The van der Waals surface area contributed by atoms with Gasteiger partial charge in [0.05, 0.1) is 26.4 Å². The third kappa shape index (κ3) is 75.2. The van der Waals surface area contributed by atoms with Crippen LogP contribution in [0.25, 0.3) is 0 Å². The number of hydrogen-bond donors (Lipinski definition) is 4. The number of phosphoric ester groups is 2. The number of ether oxygens (including phenoxy) is 3. The van der Waals surface area contributed by atoms with Crippen molar-refractivity contribution in [3.63, 3.8) is 0 Å². The molecule has 572 valence electrons. The first kappa shape index (κ1) is 95.2. The van der Waals surface area contributed by atoms with Gasteiger partial charge in [-0.25, -0.2) is 9.13 Å². The smallest absolute Gasteiger partial charge is 0.463 e. The summed E-state index contributed by atoms with van der Waals surface area (Å²) in [6.45, 7) is 2.59. The summed E-state index contributed by atoms with van der Waals surface area (Å²) in [5.41, 5.74) is 0. The summed E-state index contributed by atoms with van der Waals surface area (Å²) in [4.78, 5) is 58.6. The van der Waals surface area contributed by atoms with Crippen molar-refractivity contribution < 1.29 is 75.8 Å². The summed E-state index contributed by atoms with van der Waals surface area (Å²) in [7, 11) is -9.79. The van der Waals surface area contributed by atoms with E-state index in [0.29, 0.717) is 19.3 Å². The molecule has 0 fully saturated rings. The molecule has 0 aliphatic rings. The van der Waals surface area contributed by atoms with Crippen LogP contribution in [0.2, 0.25) is 0 Å². The molecule has 18 heteroatoms. The van der Waals surface area contributed by atoms with Crippen LogP contribution in [0.4, 0.5) is 0 Å². The van der Waals surface area contributed by atoms with Crippen LogP contribution < -0.4 is 0 Å². The van der Waals surface area contributed by atoms with Gasteiger partial charge in [0.25, 0.3) is 0 Å². The van der Waals surface area contributed by atoms with Crippen molar-refractivity contribution in [1.82, 2.24) is 0 Å². The van der Waals surface area contributed by atoms with Crippen LogP contribution in [0.15, 0.2) is 109 Å². The minimum Gasteiger partial charge on any atom is -0.463 e. The van der Waals surface area contributed by atoms with E-state index in [1.54, 1.807) is 0 Å². The lowest BCUT2D eigenvalue weighted by atomic mass is 10.0. The van der Waals surface area contributed by atoms with Crippen molar-refractivity contribution in [2.24, 2.45) is 0 Å².